The van der Waals surface area contributed by atoms with Gasteiger partial charge in [-0.2, -0.15) is 15.2 Å². The van der Waals surface area contributed by atoms with E-state index in [1.54, 1.807) is 4.90 Å². The zero-order valence-corrected chi connectivity index (χ0v) is 24.6. The van der Waals surface area contributed by atoms with Crippen LogP contribution in [0.4, 0.5) is 11.5 Å². The van der Waals surface area contributed by atoms with E-state index in [-0.39, 0.29) is 18.4 Å². The van der Waals surface area contributed by atoms with Crippen molar-refractivity contribution < 1.29 is 9.53 Å². The van der Waals surface area contributed by atoms with Crippen molar-refractivity contribution in [2.45, 2.75) is 51.2 Å². The van der Waals surface area contributed by atoms with E-state index in [1.807, 2.05) is 0 Å². The fraction of sp³-hybridized carbons (Fsp3) is 0.455. The third-order valence-electron chi connectivity index (χ3n) is 9.02. The summed E-state index contributed by atoms with van der Waals surface area (Å²) in [5.41, 5.74) is 4.56. The highest BCUT2D eigenvalue weighted by Crippen LogP contribution is 2.35. The minimum Gasteiger partial charge on any atom is -0.462 e. The van der Waals surface area contributed by atoms with Crippen molar-refractivity contribution >= 4 is 28.2 Å². The van der Waals surface area contributed by atoms with E-state index in [4.69, 9.17) is 14.7 Å². The molecule has 0 N–H and O–H groups in total. The molecule has 0 spiro atoms. The molecule has 9 nitrogen and oxygen atoms in total. The van der Waals surface area contributed by atoms with Crippen molar-refractivity contribution in [2.24, 2.45) is 0 Å². The predicted molar refractivity (Wildman–Crippen MR) is 165 cm³/mol. The number of fused-ring (bicyclic) bond motifs is 2. The van der Waals surface area contributed by atoms with E-state index in [0.29, 0.717) is 44.8 Å². The molecule has 0 radical (unpaired) electrons. The second-order valence-corrected chi connectivity index (χ2v) is 11.7. The number of hydrogen-bond acceptors (Lipinski definition) is 8. The summed E-state index contributed by atoms with van der Waals surface area (Å²) in [6, 6.07) is 15.9. The molecule has 4 heterocycles. The number of carbonyl (C=O) groups excluding carboxylic acids is 1. The van der Waals surface area contributed by atoms with Gasteiger partial charge in [-0.3, -0.25) is 4.79 Å². The molecule has 3 aromatic rings. The molecule has 1 amide bonds. The number of amides is 1. The van der Waals surface area contributed by atoms with E-state index in [9.17, 15) is 10.1 Å². The fourth-order valence-corrected chi connectivity index (χ4v) is 6.66. The first kappa shape index (κ1) is 28.0. The van der Waals surface area contributed by atoms with Crippen molar-refractivity contribution in [2.75, 3.05) is 56.2 Å². The topological polar surface area (TPSA) is 88.8 Å². The summed E-state index contributed by atoms with van der Waals surface area (Å²) in [5.74, 6) is 0.738. The van der Waals surface area contributed by atoms with E-state index in [2.05, 4.69) is 77.7 Å². The van der Waals surface area contributed by atoms with Gasteiger partial charge in [-0.05, 0) is 63.4 Å². The lowest BCUT2D eigenvalue weighted by Gasteiger charge is -2.42. The molecule has 2 saturated heterocycles. The predicted octanol–water partition coefficient (Wildman–Crippen LogP) is 4.09. The third-order valence-corrected chi connectivity index (χ3v) is 9.02. The number of nitriles is 1. The Kier molecular flexibility index (Phi) is 7.98. The number of aryl methyl sites for hydroxylation is 1. The lowest BCUT2D eigenvalue weighted by molar-refractivity contribution is -0.128. The number of hydrogen-bond donors (Lipinski definition) is 0. The molecular weight excluding hydrogens is 526 g/mol. The number of anilines is 2. The fourth-order valence-electron chi connectivity index (χ4n) is 6.66. The van der Waals surface area contributed by atoms with E-state index >= 15 is 0 Å². The maximum absolute atomic E-state index is 12.5. The van der Waals surface area contributed by atoms with Crippen molar-refractivity contribution in [3.63, 3.8) is 0 Å². The first-order valence-electron chi connectivity index (χ1n) is 15.0. The number of carbonyl (C=O) groups is 1. The van der Waals surface area contributed by atoms with E-state index < -0.39 is 0 Å². The molecule has 3 aliphatic rings. The van der Waals surface area contributed by atoms with Crippen LogP contribution in [0.25, 0.3) is 10.8 Å². The molecule has 0 bridgehead atoms. The number of piperazine rings is 1. The molecule has 9 heteroatoms. The maximum Gasteiger partial charge on any atom is 0.318 e. The van der Waals surface area contributed by atoms with Crippen LogP contribution in [-0.2, 0) is 17.8 Å². The summed E-state index contributed by atoms with van der Waals surface area (Å²) < 4.78 is 6.30. The van der Waals surface area contributed by atoms with E-state index in [1.165, 1.54) is 34.5 Å². The van der Waals surface area contributed by atoms with Gasteiger partial charge < -0.3 is 24.3 Å². The number of aromatic nitrogens is 2. The summed E-state index contributed by atoms with van der Waals surface area (Å²) >= 11 is 0. The van der Waals surface area contributed by atoms with Crippen LogP contribution < -0.4 is 14.5 Å². The molecule has 2 fully saturated rings. The van der Waals surface area contributed by atoms with Gasteiger partial charge in [0.05, 0.1) is 30.8 Å². The first-order valence-corrected chi connectivity index (χ1v) is 15.0. The molecule has 2 atom stereocenters. The zero-order chi connectivity index (χ0) is 29.2. The van der Waals surface area contributed by atoms with Gasteiger partial charge in [0.25, 0.3) is 0 Å². The summed E-state index contributed by atoms with van der Waals surface area (Å²) in [7, 11) is 2.14. The van der Waals surface area contributed by atoms with Crippen molar-refractivity contribution in [1.82, 2.24) is 19.8 Å². The van der Waals surface area contributed by atoms with Gasteiger partial charge in [0.15, 0.2) is 0 Å². The quantitative estimate of drug-likeness (QED) is 0.396. The Bertz CT molecular complexity index is 1530. The van der Waals surface area contributed by atoms with Crippen LogP contribution in [0, 0.1) is 18.3 Å². The second kappa shape index (κ2) is 12.0. The Labute approximate surface area is 248 Å². The van der Waals surface area contributed by atoms with Gasteiger partial charge in [-0.1, -0.05) is 36.4 Å². The molecule has 42 heavy (non-hydrogen) atoms. The maximum atomic E-state index is 12.5. The number of benzene rings is 2. The summed E-state index contributed by atoms with van der Waals surface area (Å²) in [6.45, 7) is 10.6. The molecule has 0 aliphatic carbocycles. The Morgan fingerprint density at radius 3 is 2.81 bits per heavy atom. The van der Waals surface area contributed by atoms with Crippen LogP contribution in [0.5, 0.6) is 6.01 Å². The van der Waals surface area contributed by atoms with Gasteiger partial charge >= 0.3 is 6.01 Å². The Balaban J connectivity index is 1.33. The lowest BCUT2D eigenvalue weighted by Crippen LogP contribution is -2.55. The van der Waals surface area contributed by atoms with Crippen molar-refractivity contribution in [3.05, 3.63) is 65.9 Å². The van der Waals surface area contributed by atoms with Gasteiger partial charge in [0.2, 0.25) is 5.91 Å². The normalized spacial score (nSPS) is 20.8. The lowest BCUT2D eigenvalue weighted by atomic mass is 10.0. The average molecular weight is 566 g/mol. The molecule has 6 rings (SSSR count). The molecule has 1 aromatic heterocycles. The monoisotopic (exact) mass is 565 g/mol. The molecule has 3 aliphatic heterocycles. The SMILES string of the molecule is C=CC(=O)N1CCN(c2nc(OC[C@@H]3CCCN3C)nc3c2CCN(c2cccc4ccc(C)cc24)C3)CC1CC#N. The van der Waals surface area contributed by atoms with Crippen LogP contribution in [0.2, 0.25) is 0 Å². The van der Waals surface area contributed by atoms with Gasteiger partial charge in [0.1, 0.15) is 12.4 Å². The highest BCUT2D eigenvalue weighted by Gasteiger charge is 2.33. The number of ether oxygens (including phenoxy) is 1. The highest BCUT2D eigenvalue weighted by atomic mass is 16.5. The van der Waals surface area contributed by atoms with Crippen LogP contribution in [0.1, 0.15) is 36.1 Å². The van der Waals surface area contributed by atoms with Crippen LogP contribution >= 0.6 is 0 Å². The summed E-state index contributed by atoms with van der Waals surface area (Å²) in [4.78, 5) is 31.2. The Hall–Kier alpha value is -4.16. The van der Waals surface area contributed by atoms with Crippen molar-refractivity contribution in [1.29, 1.82) is 5.26 Å². The van der Waals surface area contributed by atoms with Gasteiger partial charge in [-0.15, -0.1) is 0 Å². The Morgan fingerprint density at radius 2 is 2.02 bits per heavy atom. The summed E-state index contributed by atoms with van der Waals surface area (Å²) in [6.07, 6.45) is 4.68. The largest absolute Gasteiger partial charge is 0.462 e. The van der Waals surface area contributed by atoms with Gasteiger partial charge in [-0.25, -0.2) is 0 Å². The number of rotatable bonds is 7. The molecule has 1 unspecified atom stereocenters. The van der Waals surface area contributed by atoms with Crippen LogP contribution in [0.15, 0.2) is 49.1 Å². The molecule has 0 saturated carbocycles. The van der Waals surface area contributed by atoms with Crippen LogP contribution in [-0.4, -0.2) is 84.1 Å². The number of likely N-dealkylation sites (tertiary alicyclic amines) is 1. The number of nitrogens with zero attached hydrogens (tertiary/aromatic N) is 7. The van der Waals surface area contributed by atoms with Gasteiger partial charge in [0, 0.05) is 48.9 Å². The summed E-state index contributed by atoms with van der Waals surface area (Å²) in [5, 5.41) is 12.0. The molecule has 2 aromatic carbocycles. The van der Waals surface area contributed by atoms with Crippen LogP contribution in [0.3, 0.4) is 0 Å². The average Bonchev–Trinajstić information content (AvgIpc) is 3.43. The smallest absolute Gasteiger partial charge is 0.318 e. The van der Waals surface area contributed by atoms with E-state index in [0.717, 1.165) is 43.0 Å². The number of likely N-dealkylation sites (N-methyl/N-ethyl adjacent to an activating group) is 1. The van der Waals surface area contributed by atoms with Crippen molar-refractivity contribution in [3.8, 4) is 12.1 Å². The third kappa shape index (κ3) is 5.51. The zero-order valence-electron chi connectivity index (χ0n) is 24.6. The molecular formula is C33H39N7O2. The highest BCUT2D eigenvalue weighted by molar-refractivity contribution is 5.95. The minimum absolute atomic E-state index is 0.134. The Morgan fingerprint density at radius 1 is 1.14 bits per heavy atom. The standard InChI is InChI=1S/C33H39N7O2/c1-4-31(41)40-18-17-39(20-25(40)12-14-34)32-27-13-16-38(30-9-5-7-24-11-10-23(2)19-28(24)30)21-29(27)35-33(36-32)42-22-26-8-6-15-37(26)3/h4-5,7,9-11,19,25-26H,1,6,8,12-13,15-18,20-22H2,2-3H3/t25?,26-/m0/s1. The first-order chi connectivity index (χ1) is 20.4. The minimum atomic E-state index is -0.226. The second-order valence-electron chi connectivity index (χ2n) is 11.7. The molecule has 218 valence electrons.